The van der Waals surface area contributed by atoms with E-state index in [9.17, 15) is 13.2 Å². The second-order valence-corrected chi connectivity index (χ2v) is 9.21. The molecule has 1 saturated heterocycles. The summed E-state index contributed by atoms with van der Waals surface area (Å²) in [5.74, 6) is 1.97. The molecule has 2 saturated carbocycles. The zero-order chi connectivity index (χ0) is 21.8. The van der Waals surface area contributed by atoms with Crippen molar-refractivity contribution in [2.24, 2.45) is 5.92 Å². The minimum atomic E-state index is -4.44. The fourth-order valence-corrected chi connectivity index (χ4v) is 5.77. The van der Waals surface area contributed by atoms with E-state index in [0.29, 0.717) is 17.3 Å². The molecule has 1 aliphatic heterocycles. The highest BCUT2D eigenvalue weighted by molar-refractivity contribution is 5.56. The number of alkyl halides is 3. The van der Waals surface area contributed by atoms with Crippen LogP contribution in [0.4, 0.5) is 13.2 Å². The Balaban J connectivity index is 1.51. The first-order valence-corrected chi connectivity index (χ1v) is 11.1. The van der Waals surface area contributed by atoms with Crippen molar-refractivity contribution in [2.45, 2.75) is 63.2 Å². The Hall–Kier alpha value is -2.00. The topological polar surface area (TPSA) is 56.1 Å². The van der Waals surface area contributed by atoms with Gasteiger partial charge in [0.25, 0.3) is 0 Å². The zero-order valence-electron chi connectivity index (χ0n) is 17.9. The Kier molecular flexibility index (Phi) is 5.08. The van der Waals surface area contributed by atoms with Gasteiger partial charge >= 0.3 is 6.18 Å². The highest BCUT2D eigenvalue weighted by atomic mass is 19.4. The lowest BCUT2D eigenvalue weighted by Gasteiger charge is -2.30. The molecule has 0 N–H and O–H groups in total. The molecular formula is C22H28F3N5O. The van der Waals surface area contributed by atoms with Gasteiger partial charge in [0, 0.05) is 55.2 Å². The standard InChI is InChI=1S/C22H28F3N5O/c1-14(2)30-20(15-11-16(13-26-12-15)22(23,24)25)27-19(28-30)18-17-5-3-6-21(17,18)29-7-4-9-31-10-8-29/h11-14,17-18H,3-10H2,1-2H3/t17-,18?,21+/m0/s1. The molecule has 9 heteroatoms. The fraction of sp³-hybridized carbons (Fsp3) is 0.682. The van der Waals surface area contributed by atoms with Gasteiger partial charge in [-0.1, -0.05) is 6.42 Å². The van der Waals surface area contributed by atoms with Crippen LogP contribution in [-0.4, -0.2) is 56.5 Å². The molecule has 3 heterocycles. The van der Waals surface area contributed by atoms with Crippen LogP contribution in [0.1, 0.15) is 62.9 Å². The Morgan fingerprint density at radius 1 is 1.16 bits per heavy atom. The predicted octanol–water partition coefficient (Wildman–Crippen LogP) is 4.30. The molecule has 2 aromatic heterocycles. The predicted molar refractivity (Wildman–Crippen MR) is 108 cm³/mol. The third-order valence-electron chi connectivity index (χ3n) is 7.12. The first kappa shape index (κ1) is 20.9. The van der Waals surface area contributed by atoms with Gasteiger partial charge in [0.05, 0.1) is 12.2 Å². The average molecular weight is 435 g/mol. The number of hydrogen-bond donors (Lipinski definition) is 0. The number of aromatic nitrogens is 4. The van der Waals surface area contributed by atoms with Crippen LogP contribution in [0.5, 0.6) is 0 Å². The number of halogens is 3. The molecule has 3 fully saturated rings. The Labute approximate surface area is 179 Å². The maximum Gasteiger partial charge on any atom is 0.417 e. The number of fused-ring (bicyclic) bond motifs is 1. The van der Waals surface area contributed by atoms with E-state index in [1.165, 1.54) is 12.6 Å². The Bertz CT molecular complexity index is 951. The van der Waals surface area contributed by atoms with E-state index in [1.54, 1.807) is 4.68 Å². The van der Waals surface area contributed by atoms with Crippen molar-refractivity contribution in [1.82, 2.24) is 24.6 Å². The molecule has 168 valence electrons. The van der Waals surface area contributed by atoms with Crippen molar-refractivity contribution in [3.05, 3.63) is 29.8 Å². The van der Waals surface area contributed by atoms with E-state index in [1.807, 2.05) is 13.8 Å². The smallest absolute Gasteiger partial charge is 0.380 e. The third-order valence-corrected chi connectivity index (χ3v) is 7.12. The second kappa shape index (κ2) is 7.55. The lowest BCUT2D eigenvalue weighted by molar-refractivity contribution is -0.137. The molecule has 6 nitrogen and oxygen atoms in total. The van der Waals surface area contributed by atoms with Gasteiger partial charge in [-0.05, 0) is 45.1 Å². The van der Waals surface area contributed by atoms with Crippen molar-refractivity contribution in [3.8, 4) is 11.4 Å². The van der Waals surface area contributed by atoms with E-state index in [4.69, 9.17) is 14.8 Å². The van der Waals surface area contributed by atoms with Crippen molar-refractivity contribution in [2.75, 3.05) is 26.3 Å². The van der Waals surface area contributed by atoms with Crippen LogP contribution in [0.25, 0.3) is 11.4 Å². The van der Waals surface area contributed by atoms with Crippen LogP contribution in [-0.2, 0) is 10.9 Å². The highest BCUT2D eigenvalue weighted by Gasteiger charge is 2.71. The van der Waals surface area contributed by atoms with Crippen molar-refractivity contribution >= 4 is 0 Å². The van der Waals surface area contributed by atoms with Gasteiger partial charge < -0.3 is 4.74 Å². The summed E-state index contributed by atoms with van der Waals surface area (Å²) in [5.41, 5.74) is -0.334. The SMILES string of the molecule is CC(C)n1nc(C2[C@@H]3CCC[C@]23N2CCCOCC2)nc1-c1cncc(C(F)(F)F)c1. The second-order valence-electron chi connectivity index (χ2n) is 9.21. The lowest BCUT2D eigenvalue weighted by atomic mass is 10.1. The Morgan fingerprint density at radius 3 is 2.77 bits per heavy atom. The lowest BCUT2D eigenvalue weighted by Crippen LogP contribution is -2.40. The summed E-state index contributed by atoms with van der Waals surface area (Å²) < 4.78 is 47.1. The minimum absolute atomic E-state index is 0.0214. The fourth-order valence-electron chi connectivity index (χ4n) is 5.77. The maximum atomic E-state index is 13.2. The van der Waals surface area contributed by atoms with Crippen molar-refractivity contribution in [3.63, 3.8) is 0 Å². The summed E-state index contributed by atoms with van der Waals surface area (Å²) in [6.07, 6.45) is 2.35. The third kappa shape index (κ3) is 3.46. The summed E-state index contributed by atoms with van der Waals surface area (Å²) in [4.78, 5) is 11.2. The quantitative estimate of drug-likeness (QED) is 0.717. The number of rotatable bonds is 4. The van der Waals surface area contributed by atoms with Crippen LogP contribution < -0.4 is 0 Å². The van der Waals surface area contributed by atoms with E-state index in [-0.39, 0.29) is 17.5 Å². The average Bonchev–Trinajstić information content (AvgIpc) is 3.00. The van der Waals surface area contributed by atoms with Gasteiger partial charge in [-0.3, -0.25) is 9.88 Å². The van der Waals surface area contributed by atoms with Gasteiger partial charge in [0.2, 0.25) is 0 Å². The molecule has 3 aliphatic rings. The molecule has 0 spiro atoms. The first-order chi connectivity index (χ1) is 14.8. The van der Waals surface area contributed by atoms with Gasteiger partial charge in [-0.2, -0.15) is 18.3 Å². The maximum absolute atomic E-state index is 13.2. The summed E-state index contributed by atoms with van der Waals surface area (Å²) in [6, 6.07) is 1.10. The van der Waals surface area contributed by atoms with Crippen LogP contribution in [0.2, 0.25) is 0 Å². The molecule has 0 amide bonds. The molecular weight excluding hydrogens is 407 g/mol. The van der Waals surface area contributed by atoms with Crippen LogP contribution in [0.3, 0.4) is 0 Å². The van der Waals surface area contributed by atoms with E-state index in [0.717, 1.165) is 63.7 Å². The first-order valence-electron chi connectivity index (χ1n) is 11.1. The number of nitrogens with zero attached hydrogens (tertiary/aromatic N) is 5. The molecule has 2 aliphatic carbocycles. The van der Waals surface area contributed by atoms with E-state index >= 15 is 0 Å². The molecule has 3 atom stereocenters. The van der Waals surface area contributed by atoms with Crippen molar-refractivity contribution < 1.29 is 17.9 Å². The van der Waals surface area contributed by atoms with E-state index < -0.39 is 11.7 Å². The molecule has 1 unspecified atom stereocenters. The molecule has 5 rings (SSSR count). The molecule has 31 heavy (non-hydrogen) atoms. The highest BCUT2D eigenvalue weighted by Crippen LogP contribution is 2.69. The van der Waals surface area contributed by atoms with Gasteiger partial charge in [-0.25, -0.2) is 9.67 Å². The number of pyridine rings is 1. The summed E-state index contributed by atoms with van der Waals surface area (Å²) in [7, 11) is 0. The monoisotopic (exact) mass is 435 g/mol. The summed E-state index contributed by atoms with van der Waals surface area (Å²) in [5, 5.41) is 4.82. The normalized spacial score (nSPS) is 29.2. The number of hydrogen-bond acceptors (Lipinski definition) is 5. The molecule has 0 aromatic carbocycles. The van der Waals surface area contributed by atoms with E-state index in [2.05, 4.69) is 9.88 Å². The van der Waals surface area contributed by atoms with Crippen LogP contribution >= 0.6 is 0 Å². The van der Waals surface area contributed by atoms with Crippen molar-refractivity contribution in [1.29, 1.82) is 0 Å². The Morgan fingerprint density at radius 2 is 2.00 bits per heavy atom. The summed E-state index contributed by atoms with van der Waals surface area (Å²) >= 11 is 0. The van der Waals surface area contributed by atoms with Crippen LogP contribution in [0.15, 0.2) is 18.5 Å². The molecule has 0 bridgehead atoms. The summed E-state index contributed by atoms with van der Waals surface area (Å²) in [6.45, 7) is 7.42. The molecule has 0 radical (unpaired) electrons. The largest absolute Gasteiger partial charge is 0.417 e. The molecule has 2 aromatic rings. The minimum Gasteiger partial charge on any atom is -0.380 e. The van der Waals surface area contributed by atoms with Gasteiger partial charge in [0.1, 0.15) is 0 Å². The van der Waals surface area contributed by atoms with Gasteiger partial charge in [-0.15, -0.1) is 0 Å². The van der Waals surface area contributed by atoms with Crippen LogP contribution in [0, 0.1) is 5.92 Å². The number of ether oxygens (including phenoxy) is 1. The zero-order valence-corrected chi connectivity index (χ0v) is 17.9. The van der Waals surface area contributed by atoms with Gasteiger partial charge in [0.15, 0.2) is 11.6 Å².